The Labute approximate surface area is 105 Å². The SMILES string of the molecule is CC(C)CCS(=O)(=O)N(C)C1CCNC1.Cl. The fraction of sp³-hybridized carbons (Fsp3) is 1.00. The Kier molecular flexibility index (Phi) is 6.86. The molecule has 0 aromatic heterocycles. The van der Waals surface area contributed by atoms with E-state index < -0.39 is 10.0 Å². The maximum Gasteiger partial charge on any atom is 0.214 e. The number of hydrogen-bond acceptors (Lipinski definition) is 3. The highest BCUT2D eigenvalue weighted by molar-refractivity contribution is 7.89. The van der Waals surface area contributed by atoms with E-state index in [2.05, 4.69) is 5.32 Å². The van der Waals surface area contributed by atoms with Gasteiger partial charge in [0.05, 0.1) is 5.75 Å². The summed E-state index contributed by atoms with van der Waals surface area (Å²) in [5.41, 5.74) is 0. The van der Waals surface area contributed by atoms with Crippen LogP contribution in [0, 0.1) is 5.92 Å². The maximum absolute atomic E-state index is 11.9. The Morgan fingerprint density at radius 1 is 1.44 bits per heavy atom. The number of sulfonamides is 1. The van der Waals surface area contributed by atoms with E-state index in [1.165, 1.54) is 0 Å². The third kappa shape index (κ3) is 4.57. The van der Waals surface area contributed by atoms with Crippen LogP contribution < -0.4 is 5.32 Å². The minimum atomic E-state index is -3.05. The molecule has 1 aliphatic heterocycles. The summed E-state index contributed by atoms with van der Waals surface area (Å²) in [6.45, 7) is 5.81. The van der Waals surface area contributed by atoms with Gasteiger partial charge in [0, 0.05) is 19.6 Å². The average Bonchev–Trinajstić information content (AvgIpc) is 2.66. The molecule has 16 heavy (non-hydrogen) atoms. The van der Waals surface area contributed by atoms with E-state index in [1.54, 1.807) is 11.4 Å². The smallest absolute Gasteiger partial charge is 0.214 e. The van der Waals surface area contributed by atoms with Crippen LogP contribution in [0.3, 0.4) is 0 Å². The summed E-state index contributed by atoms with van der Waals surface area (Å²) in [5.74, 6) is 0.715. The molecule has 1 rings (SSSR count). The normalized spacial score (nSPS) is 21.4. The van der Waals surface area contributed by atoms with Crippen LogP contribution in [-0.2, 0) is 10.0 Å². The molecule has 0 amide bonds. The van der Waals surface area contributed by atoms with Gasteiger partial charge in [0.25, 0.3) is 0 Å². The van der Waals surface area contributed by atoms with Crippen molar-refractivity contribution in [1.29, 1.82) is 0 Å². The zero-order valence-electron chi connectivity index (χ0n) is 10.3. The van der Waals surface area contributed by atoms with E-state index in [-0.39, 0.29) is 24.2 Å². The first-order valence-corrected chi connectivity index (χ1v) is 7.21. The third-order valence-electron chi connectivity index (χ3n) is 2.94. The highest BCUT2D eigenvalue weighted by Crippen LogP contribution is 2.13. The molecule has 0 radical (unpaired) electrons. The molecule has 0 spiro atoms. The second-order valence-corrected chi connectivity index (χ2v) is 6.81. The first kappa shape index (κ1) is 16.2. The molecule has 0 bridgehead atoms. The number of rotatable bonds is 5. The van der Waals surface area contributed by atoms with Gasteiger partial charge in [-0.2, -0.15) is 0 Å². The van der Waals surface area contributed by atoms with Gasteiger partial charge in [-0.3, -0.25) is 0 Å². The van der Waals surface area contributed by atoms with Gasteiger partial charge in [-0.05, 0) is 25.3 Å². The lowest BCUT2D eigenvalue weighted by atomic mass is 10.2. The van der Waals surface area contributed by atoms with Gasteiger partial charge in [0.15, 0.2) is 0 Å². The Hall–Kier alpha value is 0.160. The van der Waals surface area contributed by atoms with Gasteiger partial charge in [0.1, 0.15) is 0 Å². The van der Waals surface area contributed by atoms with E-state index in [0.717, 1.165) is 25.9 Å². The van der Waals surface area contributed by atoms with Gasteiger partial charge >= 0.3 is 0 Å². The zero-order chi connectivity index (χ0) is 11.5. The van der Waals surface area contributed by atoms with Crippen LogP contribution in [0.4, 0.5) is 0 Å². The van der Waals surface area contributed by atoms with Crippen LogP contribution in [0.5, 0.6) is 0 Å². The van der Waals surface area contributed by atoms with E-state index in [9.17, 15) is 8.42 Å². The van der Waals surface area contributed by atoms with E-state index >= 15 is 0 Å². The Morgan fingerprint density at radius 2 is 2.06 bits per heavy atom. The molecule has 1 heterocycles. The van der Waals surface area contributed by atoms with Crippen molar-refractivity contribution in [1.82, 2.24) is 9.62 Å². The molecular formula is C10H23ClN2O2S. The summed E-state index contributed by atoms with van der Waals surface area (Å²) >= 11 is 0. The molecule has 4 nitrogen and oxygen atoms in total. The highest BCUT2D eigenvalue weighted by Gasteiger charge is 2.28. The largest absolute Gasteiger partial charge is 0.315 e. The fourth-order valence-corrected chi connectivity index (χ4v) is 3.40. The molecule has 1 aliphatic rings. The lowest BCUT2D eigenvalue weighted by Gasteiger charge is -2.23. The summed E-state index contributed by atoms with van der Waals surface area (Å²) in [7, 11) is -1.34. The Balaban J connectivity index is 0.00000225. The van der Waals surface area contributed by atoms with Gasteiger partial charge in [-0.25, -0.2) is 12.7 Å². The summed E-state index contributed by atoms with van der Waals surface area (Å²) in [5, 5.41) is 3.18. The molecular weight excluding hydrogens is 248 g/mol. The third-order valence-corrected chi connectivity index (χ3v) is 4.87. The Bertz CT molecular complexity index is 287. The number of nitrogens with zero attached hydrogens (tertiary/aromatic N) is 1. The predicted octanol–water partition coefficient (Wildman–Crippen LogP) is 1.08. The number of halogens is 1. The molecule has 6 heteroatoms. The fourth-order valence-electron chi connectivity index (χ4n) is 1.71. The van der Waals surface area contributed by atoms with E-state index in [4.69, 9.17) is 0 Å². The second-order valence-electron chi connectivity index (χ2n) is 4.66. The second kappa shape index (κ2) is 6.79. The van der Waals surface area contributed by atoms with Crippen LogP contribution in [0.25, 0.3) is 0 Å². The number of likely N-dealkylation sites (N-methyl/N-ethyl adjacent to an activating group) is 1. The highest BCUT2D eigenvalue weighted by atomic mass is 35.5. The monoisotopic (exact) mass is 270 g/mol. The van der Waals surface area contributed by atoms with Gasteiger partial charge in [-0.15, -0.1) is 12.4 Å². The lowest BCUT2D eigenvalue weighted by Crippen LogP contribution is -2.39. The van der Waals surface area contributed by atoms with E-state index in [1.807, 2.05) is 13.8 Å². The Morgan fingerprint density at radius 3 is 2.50 bits per heavy atom. The van der Waals surface area contributed by atoms with Crippen molar-refractivity contribution < 1.29 is 8.42 Å². The molecule has 0 saturated carbocycles. The maximum atomic E-state index is 11.9. The van der Waals surface area contributed by atoms with Gasteiger partial charge in [-0.1, -0.05) is 13.8 Å². The zero-order valence-corrected chi connectivity index (χ0v) is 11.9. The molecule has 0 aromatic rings. The van der Waals surface area contributed by atoms with Crippen molar-refractivity contribution in [2.75, 3.05) is 25.9 Å². The topological polar surface area (TPSA) is 49.4 Å². The first-order chi connectivity index (χ1) is 6.93. The number of nitrogens with one attached hydrogen (secondary N) is 1. The van der Waals surface area contributed by atoms with Crippen molar-refractivity contribution in [3.63, 3.8) is 0 Å². The van der Waals surface area contributed by atoms with Gasteiger partial charge in [0.2, 0.25) is 10.0 Å². The molecule has 0 aliphatic carbocycles. The van der Waals surface area contributed by atoms with Crippen LogP contribution in [0.1, 0.15) is 26.7 Å². The van der Waals surface area contributed by atoms with Crippen LogP contribution in [-0.4, -0.2) is 44.7 Å². The quantitative estimate of drug-likeness (QED) is 0.813. The van der Waals surface area contributed by atoms with Crippen LogP contribution >= 0.6 is 12.4 Å². The summed E-state index contributed by atoms with van der Waals surface area (Å²) in [4.78, 5) is 0. The molecule has 98 valence electrons. The van der Waals surface area contributed by atoms with Crippen molar-refractivity contribution in [2.45, 2.75) is 32.7 Å². The lowest BCUT2D eigenvalue weighted by molar-refractivity contribution is 0.385. The predicted molar refractivity (Wildman–Crippen MR) is 69.5 cm³/mol. The minimum Gasteiger partial charge on any atom is -0.315 e. The standard InChI is InChI=1S/C10H22N2O2S.ClH/c1-9(2)5-7-15(13,14)12(3)10-4-6-11-8-10;/h9-11H,4-8H2,1-3H3;1H. The summed E-state index contributed by atoms with van der Waals surface area (Å²) < 4.78 is 25.4. The van der Waals surface area contributed by atoms with Crippen molar-refractivity contribution in [2.24, 2.45) is 5.92 Å². The summed E-state index contributed by atoms with van der Waals surface area (Å²) in [6, 6.07) is 0.155. The molecule has 1 N–H and O–H groups in total. The average molecular weight is 271 g/mol. The molecule has 1 fully saturated rings. The van der Waals surface area contributed by atoms with Crippen molar-refractivity contribution >= 4 is 22.4 Å². The minimum absolute atomic E-state index is 0. The molecule has 1 unspecified atom stereocenters. The van der Waals surface area contributed by atoms with Crippen LogP contribution in [0.2, 0.25) is 0 Å². The summed E-state index contributed by atoms with van der Waals surface area (Å²) in [6.07, 6.45) is 1.67. The van der Waals surface area contributed by atoms with E-state index in [0.29, 0.717) is 5.92 Å². The first-order valence-electron chi connectivity index (χ1n) is 5.60. The van der Waals surface area contributed by atoms with Crippen molar-refractivity contribution in [3.05, 3.63) is 0 Å². The molecule has 0 aromatic carbocycles. The van der Waals surface area contributed by atoms with Crippen LogP contribution in [0.15, 0.2) is 0 Å². The molecule has 1 atom stereocenters. The number of hydrogen-bond donors (Lipinski definition) is 1. The molecule has 1 saturated heterocycles. The van der Waals surface area contributed by atoms with Crippen molar-refractivity contribution in [3.8, 4) is 0 Å². The van der Waals surface area contributed by atoms with Gasteiger partial charge < -0.3 is 5.32 Å².